The Labute approximate surface area is 125 Å². The summed E-state index contributed by atoms with van der Waals surface area (Å²) in [5.41, 5.74) is 0.523. The molecule has 7 heteroatoms. The first-order chi connectivity index (χ1) is 9.86. The predicted molar refractivity (Wildman–Crippen MR) is 80.0 cm³/mol. The fraction of sp³-hybridized carbons (Fsp3) is 0.571. The molecule has 0 atom stereocenters. The molecule has 2 N–H and O–H groups in total. The van der Waals surface area contributed by atoms with Crippen LogP contribution in [-0.2, 0) is 21.3 Å². The van der Waals surface area contributed by atoms with Crippen molar-refractivity contribution in [2.24, 2.45) is 5.92 Å². The molecule has 120 valence electrons. The van der Waals surface area contributed by atoms with Crippen molar-refractivity contribution in [1.82, 2.24) is 10.0 Å². The van der Waals surface area contributed by atoms with Crippen LogP contribution in [-0.4, -0.2) is 35.2 Å². The molecule has 1 rings (SSSR count). The van der Waals surface area contributed by atoms with Gasteiger partial charge < -0.3 is 10.1 Å². The quantitative estimate of drug-likeness (QED) is 0.677. The molecule has 0 aliphatic rings. The number of benzene rings is 1. The highest BCUT2D eigenvalue weighted by Crippen LogP contribution is 2.17. The first kappa shape index (κ1) is 18.0. The first-order valence-corrected chi connectivity index (χ1v) is 8.35. The largest absolute Gasteiger partial charge is 0.380 e. The van der Waals surface area contributed by atoms with Crippen LogP contribution in [0, 0.1) is 11.7 Å². The van der Waals surface area contributed by atoms with Crippen molar-refractivity contribution < 1.29 is 17.5 Å². The molecule has 0 saturated heterocycles. The monoisotopic (exact) mass is 318 g/mol. The van der Waals surface area contributed by atoms with Crippen molar-refractivity contribution in [3.63, 3.8) is 0 Å². The summed E-state index contributed by atoms with van der Waals surface area (Å²) in [6.07, 6.45) is 0. The van der Waals surface area contributed by atoms with E-state index in [0.29, 0.717) is 24.6 Å². The van der Waals surface area contributed by atoms with Crippen LogP contribution >= 0.6 is 0 Å². The number of nitrogens with one attached hydrogen (secondary N) is 2. The van der Waals surface area contributed by atoms with Crippen LogP contribution in [0.1, 0.15) is 19.4 Å². The highest BCUT2D eigenvalue weighted by Gasteiger charge is 2.18. The number of sulfonamides is 1. The van der Waals surface area contributed by atoms with E-state index in [-0.39, 0.29) is 18.0 Å². The summed E-state index contributed by atoms with van der Waals surface area (Å²) in [6.45, 7) is 5.40. The highest BCUT2D eigenvalue weighted by atomic mass is 32.2. The lowest BCUT2D eigenvalue weighted by atomic mass is 10.2. The Morgan fingerprint density at radius 3 is 2.67 bits per heavy atom. The van der Waals surface area contributed by atoms with Crippen LogP contribution in [0.5, 0.6) is 0 Å². The molecule has 0 spiro atoms. The lowest BCUT2D eigenvalue weighted by Crippen LogP contribution is -2.29. The van der Waals surface area contributed by atoms with Gasteiger partial charge >= 0.3 is 0 Å². The van der Waals surface area contributed by atoms with Gasteiger partial charge in [-0.15, -0.1) is 0 Å². The second-order valence-electron chi connectivity index (χ2n) is 5.15. The van der Waals surface area contributed by atoms with E-state index in [0.717, 1.165) is 6.07 Å². The molecule has 1 aromatic rings. The number of rotatable bonds is 9. The molecule has 0 fully saturated rings. The maximum atomic E-state index is 13.3. The van der Waals surface area contributed by atoms with E-state index < -0.39 is 15.8 Å². The lowest BCUT2D eigenvalue weighted by molar-refractivity contribution is 0.114. The van der Waals surface area contributed by atoms with Crippen LogP contribution < -0.4 is 10.0 Å². The summed E-state index contributed by atoms with van der Waals surface area (Å²) < 4.78 is 45.5. The number of halogens is 1. The zero-order valence-electron chi connectivity index (χ0n) is 12.6. The number of hydrogen-bond acceptors (Lipinski definition) is 4. The van der Waals surface area contributed by atoms with E-state index in [4.69, 9.17) is 4.74 Å². The standard InChI is InChI=1S/C14H23FN2O3S/c1-11(2)10-20-7-6-17-21(18,19)14-8-13(15)5-4-12(14)9-16-3/h4-5,8,11,16-17H,6-7,9-10H2,1-3H3. The molecule has 21 heavy (non-hydrogen) atoms. The third kappa shape index (κ3) is 6.09. The average Bonchev–Trinajstić information content (AvgIpc) is 2.40. The van der Waals surface area contributed by atoms with Gasteiger partial charge in [0.1, 0.15) is 5.82 Å². The minimum atomic E-state index is -3.75. The van der Waals surface area contributed by atoms with Crippen molar-refractivity contribution in [2.75, 3.05) is 26.8 Å². The lowest BCUT2D eigenvalue weighted by Gasteiger charge is -2.12. The molecule has 0 amide bonds. The Kier molecular flexibility index (Phi) is 7.24. The van der Waals surface area contributed by atoms with Crippen LogP contribution in [0.4, 0.5) is 4.39 Å². The zero-order valence-corrected chi connectivity index (χ0v) is 13.5. The van der Waals surface area contributed by atoms with Crippen molar-refractivity contribution in [1.29, 1.82) is 0 Å². The molecule has 0 bridgehead atoms. The van der Waals surface area contributed by atoms with E-state index in [1.54, 1.807) is 7.05 Å². The molecule has 1 aromatic carbocycles. The van der Waals surface area contributed by atoms with Gasteiger partial charge in [0, 0.05) is 19.7 Å². The molecule has 0 saturated carbocycles. The van der Waals surface area contributed by atoms with Gasteiger partial charge in [0.2, 0.25) is 10.0 Å². The van der Waals surface area contributed by atoms with Crippen LogP contribution in [0.25, 0.3) is 0 Å². The molecule has 0 aliphatic carbocycles. The summed E-state index contributed by atoms with van der Waals surface area (Å²) in [6, 6.07) is 3.75. The fourth-order valence-corrected chi connectivity index (χ4v) is 3.02. The summed E-state index contributed by atoms with van der Waals surface area (Å²) in [5, 5.41) is 2.87. The Bertz CT molecular complexity index is 547. The zero-order chi connectivity index (χ0) is 15.9. The summed E-state index contributed by atoms with van der Waals surface area (Å²) >= 11 is 0. The second-order valence-corrected chi connectivity index (χ2v) is 6.88. The summed E-state index contributed by atoms with van der Waals surface area (Å²) in [5.74, 6) is -0.182. The molecule has 0 aromatic heterocycles. The molecule has 0 radical (unpaired) electrons. The second kappa shape index (κ2) is 8.43. The van der Waals surface area contributed by atoms with Gasteiger partial charge in [-0.3, -0.25) is 0 Å². The molecule has 0 aliphatic heterocycles. The number of ether oxygens (including phenoxy) is 1. The Morgan fingerprint density at radius 2 is 2.05 bits per heavy atom. The fourth-order valence-electron chi connectivity index (χ4n) is 1.76. The Morgan fingerprint density at radius 1 is 1.33 bits per heavy atom. The minimum absolute atomic E-state index is 0.0410. The SMILES string of the molecule is CNCc1ccc(F)cc1S(=O)(=O)NCCOCC(C)C. The topological polar surface area (TPSA) is 67.4 Å². The maximum Gasteiger partial charge on any atom is 0.241 e. The van der Waals surface area contributed by atoms with Crippen molar-refractivity contribution >= 4 is 10.0 Å². The van der Waals surface area contributed by atoms with Gasteiger partial charge in [-0.25, -0.2) is 17.5 Å². The minimum Gasteiger partial charge on any atom is -0.380 e. The smallest absolute Gasteiger partial charge is 0.241 e. The van der Waals surface area contributed by atoms with E-state index in [9.17, 15) is 12.8 Å². The van der Waals surface area contributed by atoms with E-state index in [2.05, 4.69) is 10.0 Å². The third-order valence-corrected chi connectivity index (χ3v) is 4.22. The van der Waals surface area contributed by atoms with Gasteiger partial charge in [0.05, 0.1) is 11.5 Å². The van der Waals surface area contributed by atoms with Crippen LogP contribution in [0.3, 0.4) is 0 Å². The molecular formula is C14H23FN2O3S. The molecule has 0 heterocycles. The van der Waals surface area contributed by atoms with Crippen molar-refractivity contribution in [2.45, 2.75) is 25.3 Å². The van der Waals surface area contributed by atoms with Gasteiger partial charge in [-0.2, -0.15) is 0 Å². The van der Waals surface area contributed by atoms with E-state index in [1.165, 1.54) is 12.1 Å². The predicted octanol–water partition coefficient (Wildman–Crippen LogP) is 1.50. The molecule has 5 nitrogen and oxygen atoms in total. The maximum absolute atomic E-state index is 13.3. The third-order valence-electron chi connectivity index (χ3n) is 2.68. The van der Waals surface area contributed by atoms with E-state index >= 15 is 0 Å². The normalized spacial score (nSPS) is 12.0. The van der Waals surface area contributed by atoms with Gasteiger partial charge in [0.15, 0.2) is 0 Å². The molecule has 0 unspecified atom stereocenters. The number of hydrogen-bond donors (Lipinski definition) is 2. The summed E-state index contributed by atoms with van der Waals surface area (Å²) in [7, 11) is -2.05. The Hall–Kier alpha value is -1.02. The van der Waals surface area contributed by atoms with Crippen LogP contribution in [0.15, 0.2) is 23.1 Å². The van der Waals surface area contributed by atoms with E-state index in [1.807, 2.05) is 13.8 Å². The van der Waals surface area contributed by atoms with Gasteiger partial charge in [0.25, 0.3) is 0 Å². The Balaban J connectivity index is 2.71. The average molecular weight is 318 g/mol. The first-order valence-electron chi connectivity index (χ1n) is 6.87. The van der Waals surface area contributed by atoms with Gasteiger partial charge in [-0.1, -0.05) is 19.9 Å². The molecular weight excluding hydrogens is 295 g/mol. The van der Waals surface area contributed by atoms with Crippen molar-refractivity contribution in [3.8, 4) is 0 Å². The van der Waals surface area contributed by atoms with Crippen molar-refractivity contribution in [3.05, 3.63) is 29.6 Å². The highest BCUT2D eigenvalue weighted by molar-refractivity contribution is 7.89. The summed E-state index contributed by atoms with van der Waals surface area (Å²) in [4.78, 5) is -0.0410. The van der Waals surface area contributed by atoms with Gasteiger partial charge in [-0.05, 0) is 30.7 Å². The van der Waals surface area contributed by atoms with Crippen LogP contribution in [0.2, 0.25) is 0 Å².